The van der Waals surface area contributed by atoms with E-state index in [2.05, 4.69) is 26.2 Å². The Hall–Kier alpha value is -1.84. The summed E-state index contributed by atoms with van der Waals surface area (Å²) in [6, 6.07) is 4.42. The maximum Gasteiger partial charge on any atom is 0.417 e. The van der Waals surface area contributed by atoms with Crippen molar-refractivity contribution in [1.29, 1.82) is 0 Å². The number of halogens is 6. The number of likely N-dealkylation sites (N-methyl/N-ethyl adjacent to an activating group) is 1. The summed E-state index contributed by atoms with van der Waals surface area (Å²) in [5.74, 6) is -1.27. The van der Waals surface area contributed by atoms with Gasteiger partial charge in [0.25, 0.3) is 5.91 Å². The van der Waals surface area contributed by atoms with Gasteiger partial charge in [-0.3, -0.25) is 9.59 Å². The second-order valence-corrected chi connectivity index (χ2v) is 7.07. The Morgan fingerprint density at radius 2 is 1.93 bits per heavy atom. The molecule has 0 saturated heterocycles. The Kier molecular flexibility index (Phi) is 6.72. The van der Waals surface area contributed by atoms with Crippen molar-refractivity contribution >= 4 is 56.6 Å². The van der Waals surface area contributed by atoms with Crippen molar-refractivity contribution in [3.63, 3.8) is 0 Å². The van der Waals surface area contributed by atoms with Gasteiger partial charge in [0.05, 0.1) is 22.7 Å². The second-order valence-electron chi connectivity index (χ2n) is 5.39. The first kappa shape index (κ1) is 21.5. The third-order valence-electron chi connectivity index (χ3n) is 3.32. The average Bonchev–Trinajstić information content (AvgIpc) is 2.57. The Morgan fingerprint density at radius 3 is 2.56 bits per heavy atom. The van der Waals surface area contributed by atoms with Crippen LogP contribution in [0.1, 0.15) is 15.9 Å². The minimum atomic E-state index is -4.66. The SMILES string of the molecule is CN(CC(=O)Nc1ccc(Cl)c(C(F)(F)F)c1)C(=O)c1cc(Br)cnc1Cl. The van der Waals surface area contributed by atoms with Gasteiger partial charge in [-0.15, -0.1) is 0 Å². The zero-order valence-corrected chi connectivity index (χ0v) is 16.7. The largest absolute Gasteiger partial charge is 0.417 e. The van der Waals surface area contributed by atoms with Crippen molar-refractivity contribution in [1.82, 2.24) is 9.88 Å². The molecule has 0 saturated carbocycles. The van der Waals surface area contributed by atoms with E-state index in [0.29, 0.717) is 4.47 Å². The van der Waals surface area contributed by atoms with Crippen LogP contribution in [0.3, 0.4) is 0 Å². The lowest BCUT2D eigenvalue weighted by molar-refractivity contribution is -0.137. The Labute approximate surface area is 170 Å². The zero-order chi connectivity index (χ0) is 20.4. The van der Waals surface area contributed by atoms with Crippen LogP contribution in [0.2, 0.25) is 10.2 Å². The molecule has 0 aliphatic carbocycles. The molecule has 1 aromatic carbocycles. The van der Waals surface area contributed by atoms with E-state index in [1.165, 1.54) is 25.4 Å². The van der Waals surface area contributed by atoms with Crippen LogP contribution >= 0.6 is 39.1 Å². The Morgan fingerprint density at radius 1 is 1.26 bits per heavy atom. The number of benzene rings is 1. The Bertz CT molecular complexity index is 894. The molecule has 2 rings (SSSR count). The molecule has 0 atom stereocenters. The van der Waals surface area contributed by atoms with Crippen LogP contribution in [-0.4, -0.2) is 35.3 Å². The third-order valence-corrected chi connectivity index (χ3v) is 4.38. The van der Waals surface area contributed by atoms with Crippen molar-refractivity contribution in [3.05, 3.63) is 56.2 Å². The molecule has 27 heavy (non-hydrogen) atoms. The number of carbonyl (C=O) groups is 2. The fraction of sp³-hybridized carbons (Fsp3) is 0.188. The van der Waals surface area contributed by atoms with Gasteiger partial charge < -0.3 is 10.2 Å². The van der Waals surface area contributed by atoms with Crippen LogP contribution < -0.4 is 5.32 Å². The monoisotopic (exact) mass is 483 g/mol. The summed E-state index contributed by atoms with van der Waals surface area (Å²) in [6.45, 7) is -0.411. The minimum Gasteiger partial charge on any atom is -0.332 e. The topological polar surface area (TPSA) is 62.3 Å². The fourth-order valence-electron chi connectivity index (χ4n) is 2.09. The molecular weight excluding hydrogens is 474 g/mol. The molecule has 0 fully saturated rings. The molecule has 0 spiro atoms. The molecule has 1 N–H and O–H groups in total. The minimum absolute atomic E-state index is 0.0389. The van der Waals surface area contributed by atoms with Crippen molar-refractivity contribution in [2.24, 2.45) is 0 Å². The van der Waals surface area contributed by atoms with E-state index < -0.39 is 35.1 Å². The predicted octanol–water partition coefficient (Wildman–Crippen LogP) is 4.88. The molecule has 0 aliphatic rings. The molecule has 1 aromatic heterocycles. The van der Waals surface area contributed by atoms with Gasteiger partial charge in [0.15, 0.2) is 0 Å². The number of amides is 2. The molecule has 2 aromatic rings. The number of hydrogen-bond donors (Lipinski definition) is 1. The van der Waals surface area contributed by atoms with Crippen LogP contribution in [0.15, 0.2) is 34.9 Å². The summed E-state index contributed by atoms with van der Waals surface area (Å²) in [4.78, 5) is 29.3. The average molecular weight is 485 g/mol. The number of nitrogens with one attached hydrogen (secondary N) is 1. The van der Waals surface area contributed by atoms with Crippen LogP contribution in [0, 0.1) is 0 Å². The van der Waals surface area contributed by atoms with Crippen LogP contribution in [0.4, 0.5) is 18.9 Å². The highest BCUT2D eigenvalue weighted by Gasteiger charge is 2.33. The second kappa shape index (κ2) is 8.45. The summed E-state index contributed by atoms with van der Waals surface area (Å²) in [6.07, 6.45) is -3.25. The first-order valence-electron chi connectivity index (χ1n) is 7.22. The Balaban J connectivity index is 2.09. The molecule has 144 valence electrons. The van der Waals surface area contributed by atoms with Crippen molar-refractivity contribution in [2.45, 2.75) is 6.18 Å². The number of pyridine rings is 1. The number of nitrogens with zero attached hydrogens (tertiary/aromatic N) is 2. The first-order chi connectivity index (χ1) is 12.5. The molecule has 11 heteroatoms. The van der Waals surface area contributed by atoms with E-state index in [4.69, 9.17) is 23.2 Å². The number of anilines is 1. The van der Waals surface area contributed by atoms with Gasteiger partial charge in [-0.05, 0) is 40.2 Å². The maximum atomic E-state index is 12.9. The van der Waals surface area contributed by atoms with Crippen LogP contribution in [0.5, 0.6) is 0 Å². The van der Waals surface area contributed by atoms with Gasteiger partial charge in [0.2, 0.25) is 5.91 Å². The molecule has 0 bridgehead atoms. The summed E-state index contributed by atoms with van der Waals surface area (Å²) < 4.78 is 39.1. The highest BCUT2D eigenvalue weighted by Crippen LogP contribution is 2.36. The van der Waals surface area contributed by atoms with Crippen LogP contribution in [-0.2, 0) is 11.0 Å². The molecule has 5 nitrogen and oxygen atoms in total. The quantitative estimate of drug-likeness (QED) is 0.629. The molecule has 0 aliphatic heterocycles. The van der Waals surface area contributed by atoms with Gasteiger partial charge in [0.1, 0.15) is 5.15 Å². The van der Waals surface area contributed by atoms with Crippen molar-refractivity contribution in [2.75, 3.05) is 18.9 Å². The molecule has 2 amide bonds. The lowest BCUT2D eigenvalue weighted by Gasteiger charge is -2.18. The molecule has 0 radical (unpaired) electrons. The highest BCUT2D eigenvalue weighted by atomic mass is 79.9. The van der Waals surface area contributed by atoms with Gasteiger partial charge in [-0.25, -0.2) is 4.98 Å². The number of carbonyl (C=O) groups excluding carboxylic acids is 2. The van der Waals surface area contributed by atoms with Gasteiger partial charge in [-0.1, -0.05) is 23.2 Å². The lowest BCUT2D eigenvalue weighted by atomic mass is 10.2. The van der Waals surface area contributed by atoms with Crippen LogP contribution in [0.25, 0.3) is 0 Å². The molecular formula is C16H11BrCl2F3N3O2. The number of hydrogen-bond acceptors (Lipinski definition) is 3. The summed E-state index contributed by atoms with van der Waals surface area (Å²) >= 11 is 14.6. The van der Waals surface area contributed by atoms with E-state index in [1.807, 2.05) is 0 Å². The molecule has 0 unspecified atom stereocenters. The normalized spacial score (nSPS) is 11.2. The predicted molar refractivity (Wildman–Crippen MR) is 99.0 cm³/mol. The van der Waals surface area contributed by atoms with E-state index in [-0.39, 0.29) is 16.4 Å². The van der Waals surface area contributed by atoms with Gasteiger partial charge in [0, 0.05) is 23.4 Å². The van der Waals surface area contributed by atoms with E-state index in [0.717, 1.165) is 17.0 Å². The van der Waals surface area contributed by atoms with Crippen molar-refractivity contribution in [3.8, 4) is 0 Å². The molecule has 1 heterocycles. The first-order valence-corrected chi connectivity index (χ1v) is 8.77. The van der Waals surface area contributed by atoms with Gasteiger partial charge in [-0.2, -0.15) is 13.2 Å². The fourth-order valence-corrected chi connectivity index (χ4v) is 2.83. The zero-order valence-electron chi connectivity index (χ0n) is 13.6. The van der Waals surface area contributed by atoms with E-state index in [1.54, 1.807) is 0 Å². The summed E-state index contributed by atoms with van der Waals surface area (Å²) in [5.41, 5.74) is -1.09. The smallest absolute Gasteiger partial charge is 0.332 e. The lowest BCUT2D eigenvalue weighted by Crippen LogP contribution is -2.35. The number of aromatic nitrogens is 1. The van der Waals surface area contributed by atoms with Crippen molar-refractivity contribution < 1.29 is 22.8 Å². The third kappa shape index (κ3) is 5.57. The number of rotatable bonds is 4. The van der Waals surface area contributed by atoms with E-state index in [9.17, 15) is 22.8 Å². The summed E-state index contributed by atoms with van der Waals surface area (Å²) in [5, 5.41) is 1.77. The van der Waals surface area contributed by atoms with Gasteiger partial charge >= 0.3 is 6.18 Å². The summed E-state index contributed by atoms with van der Waals surface area (Å²) in [7, 11) is 1.35. The maximum absolute atomic E-state index is 12.9. The number of alkyl halides is 3. The highest BCUT2D eigenvalue weighted by molar-refractivity contribution is 9.10. The van der Waals surface area contributed by atoms with E-state index >= 15 is 0 Å². The standard InChI is InChI=1S/C16H11BrCl2F3N3O2/c1-25(15(27)10-4-8(17)6-23-14(10)19)7-13(26)24-9-2-3-12(18)11(5-9)16(20,21)22/h2-6H,7H2,1H3,(H,24,26).